The Labute approximate surface area is 717 Å². The second-order valence-electron chi connectivity index (χ2n) is 36.2. The van der Waals surface area contributed by atoms with Crippen molar-refractivity contribution in [1.82, 2.24) is 45.8 Å². The number of aliphatic hydroxyl groups excluding tert-OH is 8. The summed E-state index contributed by atoms with van der Waals surface area (Å²) in [7, 11) is 0. The fourth-order valence-corrected chi connectivity index (χ4v) is 13.8. The zero-order chi connectivity index (χ0) is 91.5. The van der Waals surface area contributed by atoms with Crippen molar-refractivity contribution in [1.29, 1.82) is 0 Å². The number of carbonyl (C=O) groups is 11. The minimum atomic E-state index is -2.53. The molecule has 121 heavy (non-hydrogen) atoms. The number of alkyl carbamates (subject to hydrolysis) is 2. The van der Waals surface area contributed by atoms with Gasteiger partial charge in [-0.15, -0.1) is 0 Å². The van der Waals surface area contributed by atoms with Crippen LogP contribution in [0.1, 0.15) is 330 Å². The molecule has 0 aromatic carbocycles. The van der Waals surface area contributed by atoms with Crippen molar-refractivity contribution in [2.24, 2.45) is 5.92 Å². The summed E-state index contributed by atoms with van der Waals surface area (Å²) in [6, 6.07) is 0. The molecule has 36 heteroatoms. The van der Waals surface area contributed by atoms with E-state index in [9.17, 15) is 93.6 Å². The van der Waals surface area contributed by atoms with Crippen LogP contribution in [-0.2, 0) is 72.1 Å². The molecule has 0 aromatic rings. The van der Waals surface area contributed by atoms with Crippen LogP contribution in [0.4, 0.5) is 19.2 Å². The van der Waals surface area contributed by atoms with Gasteiger partial charge >= 0.3 is 24.4 Å². The van der Waals surface area contributed by atoms with Crippen molar-refractivity contribution >= 4 is 65.7 Å². The Hall–Kier alpha value is -6.71. The van der Waals surface area contributed by atoms with Crippen LogP contribution in [0.3, 0.4) is 0 Å². The molecule has 2 heterocycles. The average molecular weight is 1740 g/mol. The van der Waals surface area contributed by atoms with Crippen LogP contribution in [0.2, 0.25) is 0 Å². The third kappa shape index (κ3) is 42.7. The van der Waals surface area contributed by atoms with Crippen LogP contribution in [0.25, 0.3) is 0 Å². The fraction of sp³-hybridized carbons (Fsp3) is 0.871. The van der Waals surface area contributed by atoms with E-state index in [-0.39, 0.29) is 43.4 Å². The van der Waals surface area contributed by atoms with Crippen LogP contribution in [0.15, 0.2) is 0 Å². The molecule has 2 saturated heterocycles. The van der Waals surface area contributed by atoms with Gasteiger partial charge in [-0.05, 0) is 142 Å². The highest BCUT2D eigenvalue weighted by atomic mass is 17.3. The van der Waals surface area contributed by atoms with Gasteiger partial charge in [-0.25, -0.2) is 38.8 Å². The Morgan fingerprint density at radius 2 is 0.818 bits per heavy atom. The van der Waals surface area contributed by atoms with E-state index in [1.54, 1.807) is 92.9 Å². The number of unbranched alkanes of at least 4 members (excludes halogenated alkanes) is 25. The van der Waals surface area contributed by atoms with E-state index in [0.717, 1.165) is 129 Å². The predicted octanol–water partition coefficient (Wildman–Crippen LogP) is 9.31. The summed E-state index contributed by atoms with van der Waals surface area (Å²) in [5, 5.41) is 93.6. The Balaban J connectivity index is 1.84. The number of aliphatic hydroxyl groups is 8. The summed E-state index contributed by atoms with van der Waals surface area (Å²) in [6.07, 6.45) is 5.99. The molecule has 36 nitrogen and oxygen atoms in total. The van der Waals surface area contributed by atoms with Crippen molar-refractivity contribution < 1.29 is 132 Å². The molecular formula is C85H155N9O27. The molecule has 12 atom stereocenters. The van der Waals surface area contributed by atoms with Gasteiger partial charge in [0.25, 0.3) is 23.5 Å². The van der Waals surface area contributed by atoms with Crippen LogP contribution in [0, 0.1) is 5.92 Å². The van der Waals surface area contributed by atoms with Gasteiger partial charge in [0.1, 0.15) is 53.0 Å². The quantitative estimate of drug-likeness (QED) is 0.0117. The van der Waals surface area contributed by atoms with Crippen LogP contribution < -0.4 is 21.3 Å². The van der Waals surface area contributed by atoms with Gasteiger partial charge in [-0.2, -0.15) is 9.78 Å². The van der Waals surface area contributed by atoms with E-state index in [1.807, 2.05) is 6.92 Å². The molecule has 0 aromatic heterocycles. The third-order valence-corrected chi connectivity index (χ3v) is 20.2. The number of hydrogen-bond acceptors (Lipinski definition) is 27. The first-order valence-corrected chi connectivity index (χ1v) is 44.1. The lowest BCUT2D eigenvalue weighted by molar-refractivity contribution is -0.526. The summed E-state index contributed by atoms with van der Waals surface area (Å²) < 4.78 is 23.1. The number of ether oxygens (including phenoxy) is 4. The summed E-state index contributed by atoms with van der Waals surface area (Å²) in [5.41, 5.74) is -3.18. The van der Waals surface area contributed by atoms with Gasteiger partial charge in [0.15, 0.2) is 25.4 Å². The number of nitrogens with one attached hydrogen (secondary N) is 4. The van der Waals surface area contributed by atoms with Crippen molar-refractivity contribution in [3.63, 3.8) is 0 Å². The van der Waals surface area contributed by atoms with E-state index in [0.29, 0.717) is 62.9 Å². The lowest BCUT2D eigenvalue weighted by Crippen LogP contribution is -2.75. The maximum absolute atomic E-state index is 14.3. The van der Waals surface area contributed by atoms with E-state index in [2.05, 4.69) is 21.3 Å². The normalized spacial score (nSPS) is 18.0. The zero-order valence-electron chi connectivity index (χ0n) is 75.8. The summed E-state index contributed by atoms with van der Waals surface area (Å²) >= 11 is 0. The molecule has 4 unspecified atom stereocenters. The summed E-state index contributed by atoms with van der Waals surface area (Å²) in [4.78, 5) is 173. The second kappa shape index (κ2) is 55.6. The molecule has 2 aliphatic rings. The number of amides is 11. The SMILES string of the molecule is CCCCN(C(=O)OC(C)(C)C)C(NC(=O)OC(C)(C)C)C(CCCCCCNC(=O)CCCCCCCCCCCCCCCCCCCCCCCN(C(=O)CCC(=O)NC1(N(C(C)=O)C(=O)[C@H](O)[C@@H](O)[C@H](O)[C@@H](C)O)COO1)C1(N(C(C)=O)C(=O)[C@H](O)[C@@H](O)[C@H](O)[C@@H](C)O)COO1)CN(CCCCNC(=O)OC(C)(C)C)C(=O)OC(C)(C)C. The van der Waals surface area contributed by atoms with Crippen LogP contribution in [-0.4, -0.2) is 273 Å². The minimum absolute atomic E-state index is 0.0399. The molecular weight excluding hydrogens is 1580 g/mol. The monoisotopic (exact) mass is 1730 g/mol. The number of rotatable bonds is 59. The van der Waals surface area contributed by atoms with Gasteiger partial charge in [0.2, 0.25) is 29.5 Å². The van der Waals surface area contributed by atoms with Crippen molar-refractivity contribution in [2.75, 3.05) is 52.5 Å². The molecule has 0 bridgehead atoms. The molecule has 11 amide bonds. The molecule has 702 valence electrons. The Morgan fingerprint density at radius 1 is 0.421 bits per heavy atom. The van der Waals surface area contributed by atoms with Gasteiger partial charge in [-0.1, -0.05) is 155 Å². The smallest absolute Gasteiger partial charge is 0.411 e. The van der Waals surface area contributed by atoms with E-state index in [4.69, 9.17) is 38.5 Å². The maximum Gasteiger partial charge on any atom is 0.411 e. The number of nitrogens with zero attached hydrogens (tertiary/aromatic N) is 5. The standard InChI is InChI=1S/C85H155N9O27/c1-18-19-54-91(79(113)119-83(15,16)17)73(88-77(111)117-81(9,10)11)63(56-90(78(112)118-82(12,13)14)53-46-44-52-87-76(110)116-80(6,7)8)47-41-38-39-43-51-86-64(99)48-42-37-35-33-31-29-27-25-23-21-20-22-24-26-28-30-32-34-36-40-45-55-92(85(58-115-121-85)94(62(5)98)75(109)72(107)70(105)68(103)60(3)96)66(101)50-49-65(100)89-84(57-114-120-84)93(61(4)97)74(108)71(106)69(104)67(102)59(2)95/h59-60,63,67-73,95-96,102-107H,18-58H2,1-17H3,(H,86,99)(H,87,110)(H,88,111)(H,89,100)/t59-,60-,63?,67-,68-,69+,70+,71-,72-,73?,84?,85?/m1/s1. The van der Waals surface area contributed by atoms with Crippen molar-refractivity contribution in [3.8, 4) is 0 Å². The Bertz CT molecular complexity index is 3090. The van der Waals surface area contributed by atoms with E-state index in [1.165, 1.54) is 51.4 Å². The number of hydrogen-bond donors (Lipinski definition) is 12. The first-order chi connectivity index (χ1) is 56.5. The van der Waals surface area contributed by atoms with E-state index < -0.39 is 181 Å². The van der Waals surface area contributed by atoms with Crippen molar-refractivity contribution in [3.05, 3.63) is 0 Å². The lowest BCUT2D eigenvalue weighted by Gasteiger charge is -2.52. The minimum Gasteiger partial charge on any atom is -0.444 e. The molecule has 2 rings (SSSR count). The van der Waals surface area contributed by atoms with Crippen LogP contribution >= 0.6 is 0 Å². The first-order valence-electron chi connectivity index (χ1n) is 44.1. The highest BCUT2D eigenvalue weighted by Gasteiger charge is 2.60. The van der Waals surface area contributed by atoms with E-state index >= 15 is 0 Å². The molecule has 12 N–H and O–H groups in total. The lowest BCUT2D eigenvalue weighted by atomic mass is 9.95. The predicted molar refractivity (Wildman–Crippen MR) is 447 cm³/mol. The number of carbonyl (C=O) groups excluding carboxylic acids is 11. The largest absolute Gasteiger partial charge is 0.444 e. The molecule has 2 fully saturated rings. The fourth-order valence-electron chi connectivity index (χ4n) is 13.8. The van der Waals surface area contributed by atoms with Gasteiger partial charge in [0.05, 0.1) is 12.2 Å². The first kappa shape index (κ1) is 110. The molecule has 2 aliphatic heterocycles. The molecule has 0 saturated carbocycles. The molecule has 0 aliphatic carbocycles. The second-order valence-corrected chi connectivity index (χ2v) is 36.2. The summed E-state index contributed by atoms with van der Waals surface area (Å²) in [6.45, 7) is 27.2. The highest BCUT2D eigenvalue weighted by molar-refractivity contribution is 5.99. The van der Waals surface area contributed by atoms with Gasteiger partial charge in [-0.3, -0.25) is 43.4 Å². The molecule has 0 spiro atoms. The third-order valence-electron chi connectivity index (χ3n) is 20.2. The Morgan fingerprint density at radius 3 is 1.24 bits per heavy atom. The zero-order valence-corrected chi connectivity index (χ0v) is 75.8. The van der Waals surface area contributed by atoms with Crippen molar-refractivity contribution in [2.45, 2.75) is 419 Å². The van der Waals surface area contributed by atoms with Gasteiger partial charge in [0, 0.05) is 78.3 Å². The Kier molecular flexibility index (Phi) is 50.7. The molecule has 0 radical (unpaired) electrons. The number of imide groups is 2. The topological polar surface area (TPSA) is 488 Å². The maximum atomic E-state index is 14.3. The average Bonchev–Trinajstić information content (AvgIpc) is 0.737. The van der Waals surface area contributed by atoms with Crippen LogP contribution in [0.5, 0.6) is 0 Å². The highest BCUT2D eigenvalue weighted by Crippen LogP contribution is 2.36. The van der Waals surface area contributed by atoms with Gasteiger partial charge < -0.3 is 86.0 Å². The summed E-state index contributed by atoms with van der Waals surface area (Å²) in [5.74, 6) is -12.5.